The van der Waals surface area contributed by atoms with Crippen molar-refractivity contribution in [3.8, 4) is 0 Å². The van der Waals surface area contributed by atoms with Gasteiger partial charge in [-0.25, -0.2) is 9.37 Å². The number of amides is 1. The molecule has 1 N–H and O–H groups in total. The predicted octanol–water partition coefficient (Wildman–Crippen LogP) is 6.27. The lowest BCUT2D eigenvalue weighted by Gasteiger charge is -2.37. The van der Waals surface area contributed by atoms with Crippen LogP contribution in [-0.4, -0.2) is 68.3 Å². The fourth-order valence-electron chi connectivity index (χ4n) is 5.93. The molecule has 0 atom stereocenters. The molecule has 2 saturated heterocycles. The van der Waals surface area contributed by atoms with Gasteiger partial charge in [0.05, 0.1) is 10.5 Å². The number of thioether (sulfide) groups is 1. The van der Waals surface area contributed by atoms with Crippen LogP contribution < -0.4 is 15.4 Å². The SMILES string of the molecule is Cc1cccn2c(=O)c(C=C3SC(=S)N(CCCCCCCCCCC(=O)O)C3=O)c(N3CCN(c4ccc(F)cc4)CC3)nc12. The molecule has 0 radical (unpaired) electrons. The summed E-state index contributed by atoms with van der Waals surface area (Å²) in [4.78, 5) is 49.3. The fraction of sp³-hybridized carbons (Fsp3) is 0.441. The van der Waals surface area contributed by atoms with E-state index in [2.05, 4.69) is 9.80 Å². The number of carbonyl (C=O) groups excluding carboxylic acids is 1. The molecule has 2 fully saturated rings. The smallest absolute Gasteiger partial charge is 0.303 e. The van der Waals surface area contributed by atoms with Crippen LogP contribution in [0.25, 0.3) is 11.7 Å². The van der Waals surface area contributed by atoms with Crippen molar-refractivity contribution in [2.45, 2.75) is 64.7 Å². The third kappa shape index (κ3) is 8.14. The van der Waals surface area contributed by atoms with Gasteiger partial charge in [0, 0.05) is 51.0 Å². The highest BCUT2D eigenvalue weighted by Crippen LogP contribution is 2.34. The van der Waals surface area contributed by atoms with Gasteiger partial charge in [-0.15, -0.1) is 0 Å². The van der Waals surface area contributed by atoms with Gasteiger partial charge in [-0.1, -0.05) is 68.6 Å². The Bertz CT molecular complexity index is 1670. The van der Waals surface area contributed by atoms with Gasteiger partial charge in [0.2, 0.25) is 0 Å². The predicted molar refractivity (Wildman–Crippen MR) is 186 cm³/mol. The van der Waals surface area contributed by atoms with E-state index in [-0.39, 0.29) is 23.7 Å². The highest BCUT2D eigenvalue weighted by Gasteiger charge is 2.33. The van der Waals surface area contributed by atoms with Gasteiger partial charge in [-0.3, -0.25) is 23.7 Å². The first-order valence-electron chi connectivity index (χ1n) is 16.0. The molecule has 1 aromatic carbocycles. The van der Waals surface area contributed by atoms with Gasteiger partial charge in [0.25, 0.3) is 11.5 Å². The maximum absolute atomic E-state index is 13.9. The molecule has 0 aliphatic carbocycles. The first-order chi connectivity index (χ1) is 22.2. The Hall–Kier alpha value is -3.77. The molecule has 0 saturated carbocycles. The topological polar surface area (TPSA) is 98.5 Å². The average molecular weight is 666 g/mol. The van der Waals surface area contributed by atoms with Crippen LogP contribution in [0.2, 0.25) is 0 Å². The van der Waals surface area contributed by atoms with Crippen molar-refractivity contribution in [2.75, 3.05) is 42.5 Å². The maximum atomic E-state index is 13.9. The summed E-state index contributed by atoms with van der Waals surface area (Å²) >= 11 is 6.81. The molecule has 2 aliphatic heterocycles. The molecule has 4 heterocycles. The van der Waals surface area contributed by atoms with Crippen molar-refractivity contribution in [2.24, 2.45) is 0 Å². The molecular weight excluding hydrogens is 626 g/mol. The van der Waals surface area contributed by atoms with E-state index in [0.29, 0.717) is 59.0 Å². The van der Waals surface area contributed by atoms with Crippen molar-refractivity contribution >= 4 is 63.4 Å². The lowest BCUT2D eigenvalue weighted by Crippen LogP contribution is -2.47. The number of rotatable bonds is 14. The summed E-state index contributed by atoms with van der Waals surface area (Å²) in [6, 6.07) is 10.2. The third-order valence-corrected chi connectivity index (χ3v) is 9.88. The number of carbonyl (C=O) groups is 2. The zero-order valence-electron chi connectivity index (χ0n) is 26.1. The van der Waals surface area contributed by atoms with Crippen LogP contribution in [0.5, 0.6) is 0 Å². The van der Waals surface area contributed by atoms with Crippen molar-refractivity contribution in [3.63, 3.8) is 0 Å². The number of hydrogen-bond donors (Lipinski definition) is 1. The zero-order valence-corrected chi connectivity index (χ0v) is 27.8. The summed E-state index contributed by atoms with van der Waals surface area (Å²) in [5.41, 5.74) is 2.52. The van der Waals surface area contributed by atoms with E-state index < -0.39 is 5.97 Å². The van der Waals surface area contributed by atoms with Gasteiger partial charge in [0.1, 0.15) is 21.6 Å². The number of halogens is 1. The number of thiocarbonyl (C=S) groups is 1. The van der Waals surface area contributed by atoms with Crippen LogP contribution in [0.15, 0.2) is 52.3 Å². The highest BCUT2D eigenvalue weighted by molar-refractivity contribution is 8.26. The number of aliphatic carboxylic acids is 1. The Labute approximate surface area is 278 Å². The monoisotopic (exact) mass is 665 g/mol. The second kappa shape index (κ2) is 15.7. The standard InChI is InChI=1S/C34H40FN5O4S2/c1-24-11-10-18-39-30(24)36-31(38-21-19-37(20-22-38)26-15-13-25(35)14-16-26)27(32(39)43)23-28-33(44)40(34(45)46-28)17-9-7-5-3-2-4-6-8-12-29(41)42/h10-11,13-16,18,23H,2-9,12,17,19-22H2,1H3,(H,41,42). The first-order valence-corrected chi connectivity index (χ1v) is 17.2. The van der Waals surface area contributed by atoms with Crippen LogP contribution >= 0.6 is 24.0 Å². The van der Waals surface area contributed by atoms with Crippen LogP contribution in [0.1, 0.15) is 68.9 Å². The van der Waals surface area contributed by atoms with E-state index in [1.165, 1.54) is 28.3 Å². The quantitative estimate of drug-likeness (QED) is 0.122. The molecule has 2 aromatic heterocycles. The third-order valence-electron chi connectivity index (χ3n) is 8.51. The fourth-order valence-corrected chi connectivity index (χ4v) is 7.22. The second-order valence-corrected chi connectivity index (χ2v) is 13.5. The minimum atomic E-state index is -0.736. The van der Waals surface area contributed by atoms with E-state index in [4.69, 9.17) is 22.3 Å². The molecule has 5 rings (SSSR count). The highest BCUT2D eigenvalue weighted by atomic mass is 32.2. The Kier molecular flexibility index (Phi) is 11.5. The number of pyridine rings is 1. The summed E-state index contributed by atoms with van der Waals surface area (Å²) < 4.78 is 15.5. The van der Waals surface area contributed by atoms with Crippen LogP contribution in [-0.2, 0) is 9.59 Å². The number of unbranched alkanes of at least 4 members (excludes halogenated alkanes) is 7. The van der Waals surface area contributed by atoms with E-state index in [1.807, 2.05) is 19.1 Å². The number of carboxylic acids is 1. The minimum Gasteiger partial charge on any atom is -0.481 e. The van der Waals surface area contributed by atoms with Crippen LogP contribution in [0, 0.1) is 12.7 Å². The largest absolute Gasteiger partial charge is 0.481 e. The lowest BCUT2D eigenvalue weighted by atomic mass is 10.1. The summed E-state index contributed by atoms with van der Waals surface area (Å²) in [5, 5.41) is 8.73. The molecule has 2 aliphatic rings. The minimum absolute atomic E-state index is 0.186. The Morgan fingerprint density at radius 1 is 0.957 bits per heavy atom. The summed E-state index contributed by atoms with van der Waals surface area (Å²) in [6.07, 6.45) is 11.4. The van der Waals surface area contributed by atoms with Gasteiger partial charge < -0.3 is 14.9 Å². The maximum Gasteiger partial charge on any atom is 0.303 e. The number of hydrogen-bond acceptors (Lipinski definition) is 8. The molecule has 0 bridgehead atoms. The van der Waals surface area contributed by atoms with Gasteiger partial charge in [-0.2, -0.15) is 0 Å². The molecule has 1 amide bonds. The van der Waals surface area contributed by atoms with Crippen molar-refractivity contribution in [1.82, 2.24) is 14.3 Å². The number of nitrogens with zero attached hydrogens (tertiary/aromatic N) is 5. The first kappa shape index (κ1) is 33.6. The summed E-state index contributed by atoms with van der Waals surface area (Å²) in [7, 11) is 0. The lowest BCUT2D eigenvalue weighted by molar-refractivity contribution is -0.137. The molecule has 0 spiro atoms. The molecule has 12 heteroatoms. The number of piperazine rings is 1. The zero-order chi connectivity index (χ0) is 32.6. The van der Waals surface area contributed by atoms with Gasteiger partial charge >= 0.3 is 5.97 Å². The average Bonchev–Trinajstić information content (AvgIpc) is 3.31. The van der Waals surface area contributed by atoms with Crippen molar-refractivity contribution in [1.29, 1.82) is 0 Å². The molecule has 9 nitrogen and oxygen atoms in total. The van der Waals surface area contributed by atoms with E-state index in [0.717, 1.165) is 62.6 Å². The summed E-state index contributed by atoms with van der Waals surface area (Å²) in [5.74, 6) is -0.645. The Balaban J connectivity index is 1.26. The Morgan fingerprint density at radius 3 is 2.26 bits per heavy atom. The number of aromatic nitrogens is 2. The number of benzene rings is 1. The van der Waals surface area contributed by atoms with E-state index >= 15 is 0 Å². The van der Waals surface area contributed by atoms with Crippen LogP contribution in [0.4, 0.5) is 15.9 Å². The number of carboxylic acid groups (broad SMARTS) is 1. The van der Waals surface area contributed by atoms with E-state index in [1.54, 1.807) is 29.3 Å². The number of fused-ring (bicyclic) bond motifs is 1. The normalized spacial score (nSPS) is 16.3. The van der Waals surface area contributed by atoms with Crippen LogP contribution in [0.3, 0.4) is 0 Å². The second-order valence-electron chi connectivity index (χ2n) is 11.8. The molecule has 0 unspecified atom stereocenters. The molecule has 244 valence electrons. The number of anilines is 2. The van der Waals surface area contributed by atoms with Gasteiger partial charge in [0.15, 0.2) is 0 Å². The Morgan fingerprint density at radius 2 is 1.59 bits per heavy atom. The summed E-state index contributed by atoms with van der Waals surface area (Å²) in [6.45, 7) is 5.02. The van der Waals surface area contributed by atoms with E-state index in [9.17, 15) is 18.8 Å². The molecule has 46 heavy (non-hydrogen) atoms. The molecule has 3 aromatic rings. The number of aryl methyl sites for hydroxylation is 1. The van der Waals surface area contributed by atoms with Crippen molar-refractivity contribution in [3.05, 3.63) is 74.8 Å². The molecular formula is C34H40FN5O4S2. The van der Waals surface area contributed by atoms with Gasteiger partial charge in [-0.05, 0) is 61.7 Å². The van der Waals surface area contributed by atoms with Crippen molar-refractivity contribution < 1.29 is 19.1 Å².